The summed E-state index contributed by atoms with van der Waals surface area (Å²) >= 11 is 0. The van der Waals surface area contributed by atoms with Crippen LogP contribution in [-0.2, 0) is 6.42 Å². The van der Waals surface area contributed by atoms with Gasteiger partial charge in [-0.3, -0.25) is 0 Å². The normalized spacial score (nSPS) is 10.7. The molecule has 2 N–H and O–H groups in total. The Morgan fingerprint density at radius 1 is 1.44 bits per heavy atom. The largest absolute Gasteiger partial charge is 0.330 e. The fraction of sp³-hybridized carbons (Fsp3) is 0.250. The van der Waals surface area contributed by atoms with Gasteiger partial charge >= 0.3 is 0 Å². The van der Waals surface area contributed by atoms with Gasteiger partial charge in [0.25, 0.3) is 0 Å². The van der Waals surface area contributed by atoms with Crippen LogP contribution in [0.4, 0.5) is 4.39 Å². The number of hydrogen-bond acceptors (Lipinski definition) is 2. The fourth-order valence-electron chi connectivity index (χ4n) is 1.71. The smallest absolute Gasteiger partial charge is 0.125 e. The number of nitrogens with two attached hydrogens (primary N) is 1. The standard InChI is InChI=1S/C12H14FN3/c1-9-10(5-6-14)8-15-16(9)12-4-2-3-11(13)7-12/h2-4,7-8H,5-6,14H2,1H3. The van der Waals surface area contributed by atoms with Crippen molar-refractivity contribution in [2.24, 2.45) is 5.73 Å². The molecule has 0 radical (unpaired) electrons. The molecule has 1 aromatic heterocycles. The molecule has 0 fully saturated rings. The zero-order chi connectivity index (χ0) is 11.5. The Kier molecular flexibility index (Phi) is 3.01. The summed E-state index contributed by atoms with van der Waals surface area (Å²) in [7, 11) is 0. The van der Waals surface area contributed by atoms with Gasteiger partial charge in [-0.25, -0.2) is 9.07 Å². The van der Waals surface area contributed by atoms with E-state index in [9.17, 15) is 4.39 Å². The minimum atomic E-state index is -0.257. The summed E-state index contributed by atoms with van der Waals surface area (Å²) in [6.07, 6.45) is 2.58. The van der Waals surface area contributed by atoms with E-state index in [0.29, 0.717) is 6.54 Å². The molecule has 16 heavy (non-hydrogen) atoms. The molecule has 2 aromatic rings. The van der Waals surface area contributed by atoms with Crippen LogP contribution in [0.5, 0.6) is 0 Å². The van der Waals surface area contributed by atoms with Crippen molar-refractivity contribution in [1.29, 1.82) is 0 Å². The minimum Gasteiger partial charge on any atom is -0.330 e. The highest BCUT2D eigenvalue weighted by molar-refractivity contribution is 5.35. The Bertz CT molecular complexity index is 491. The topological polar surface area (TPSA) is 43.8 Å². The maximum atomic E-state index is 13.1. The first-order chi connectivity index (χ1) is 7.72. The van der Waals surface area contributed by atoms with Gasteiger partial charge in [0.2, 0.25) is 0 Å². The molecule has 0 unspecified atom stereocenters. The van der Waals surface area contributed by atoms with Gasteiger partial charge in [-0.15, -0.1) is 0 Å². The average molecular weight is 219 g/mol. The number of halogens is 1. The Hall–Kier alpha value is -1.68. The predicted molar refractivity (Wildman–Crippen MR) is 61.0 cm³/mol. The molecule has 4 heteroatoms. The Balaban J connectivity index is 2.41. The van der Waals surface area contributed by atoms with Gasteiger partial charge in [-0.1, -0.05) is 6.07 Å². The third kappa shape index (κ3) is 1.97. The van der Waals surface area contributed by atoms with Crippen molar-refractivity contribution in [3.05, 3.63) is 47.5 Å². The lowest BCUT2D eigenvalue weighted by Gasteiger charge is -2.05. The van der Waals surface area contributed by atoms with Gasteiger partial charge in [0.05, 0.1) is 11.9 Å². The van der Waals surface area contributed by atoms with E-state index in [4.69, 9.17) is 5.73 Å². The summed E-state index contributed by atoms with van der Waals surface area (Å²) in [4.78, 5) is 0. The number of hydrogen-bond donors (Lipinski definition) is 1. The van der Waals surface area contributed by atoms with E-state index in [0.717, 1.165) is 23.4 Å². The van der Waals surface area contributed by atoms with Gasteiger partial charge in [0.15, 0.2) is 0 Å². The second-order valence-electron chi connectivity index (χ2n) is 3.69. The predicted octanol–water partition coefficient (Wildman–Crippen LogP) is 1.82. The van der Waals surface area contributed by atoms with E-state index in [1.165, 1.54) is 12.1 Å². The molecular weight excluding hydrogens is 205 g/mol. The second-order valence-corrected chi connectivity index (χ2v) is 3.69. The molecule has 0 bridgehead atoms. The summed E-state index contributed by atoms with van der Waals surface area (Å²) in [6, 6.07) is 6.39. The zero-order valence-corrected chi connectivity index (χ0v) is 9.15. The van der Waals surface area contributed by atoms with Crippen molar-refractivity contribution in [3.63, 3.8) is 0 Å². The fourth-order valence-corrected chi connectivity index (χ4v) is 1.71. The molecule has 0 aliphatic heterocycles. The molecular formula is C12H14FN3. The molecule has 84 valence electrons. The van der Waals surface area contributed by atoms with Crippen molar-refractivity contribution >= 4 is 0 Å². The molecule has 0 aliphatic rings. The molecule has 1 aromatic carbocycles. The van der Waals surface area contributed by atoms with Gasteiger partial charge in [0.1, 0.15) is 5.82 Å². The molecule has 0 spiro atoms. The Labute approximate surface area is 93.7 Å². The van der Waals surface area contributed by atoms with Crippen LogP contribution >= 0.6 is 0 Å². The first kappa shape index (κ1) is 10.8. The first-order valence-electron chi connectivity index (χ1n) is 5.22. The van der Waals surface area contributed by atoms with Crippen LogP contribution in [0.1, 0.15) is 11.3 Å². The summed E-state index contributed by atoms with van der Waals surface area (Å²) in [5, 5.41) is 4.24. The number of rotatable bonds is 3. The quantitative estimate of drug-likeness (QED) is 0.855. The van der Waals surface area contributed by atoms with E-state index in [1.54, 1.807) is 16.9 Å². The van der Waals surface area contributed by atoms with Crippen molar-refractivity contribution in [1.82, 2.24) is 9.78 Å². The molecule has 1 heterocycles. The Morgan fingerprint density at radius 3 is 2.94 bits per heavy atom. The van der Waals surface area contributed by atoms with Crippen molar-refractivity contribution in [2.75, 3.05) is 6.54 Å². The molecule has 0 atom stereocenters. The van der Waals surface area contributed by atoms with Crippen LogP contribution < -0.4 is 5.73 Å². The summed E-state index contributed by atoms with van der Waals surface area (Å²) in [5.41, 5.74) is 8.35. The molecule has 0 saturated carbocycles. The van der Waals surface area contributed by atoms with Crippen LogP contribution in [0.3, 0.4) is 0 Å². The van der Waals surface area contributed by atoms with E-state index in [-0.39, 0.29) is 5.82 Å². The minimum absolute atomic E-state index is 0.257. The third-order valence-corrected chi connectivity index (χ3v) is 2.58. The zero-order valence-electron chi connectivity index (χ0n) is 9.15. The maximum Gasteiger partial charge on any atom is 0.125 e. The lowest BCUT2D eigenvalue weighted by molar-refractivity contribution is 0.625. The van der Waals surface area contributed by atoms with E-state index < -0.39 is 0 Å². The molecule has 0 saturated heterocycles. The molecule has 2 rings (SSSR count). The average Bonchev–Trinajstić information content (AvgIpc) is 2.61. The van der Waals surface area contributed by atoms with Crippen molar-refractivity contribution in [2.45, 2.75) is 13.3 Å². The summed E-state index contributed by atoms with van der Waals surface area (Å²) in [6.45, 7) is 2.55. The summed E-state index contributed by atoms with van der Waals surface area (Å²) < 4.78 is 14.8. The monoisotopic (exact) mass is 219 g/mol. The van der Waals surface area contributed by atoms with Crippen LogP contribution in [0.15, 0.2) is 30.5 Å². The van der Waals surface area contributed by atoms with Crippen molar-refractivity contribution in [3.8, 4) is 5.69 Å². The van der Waals surface area contributed by atoms with Gasteiger partial charge in [-0.05, 0) is 43.7 Å². The maximum absolute atomic E-state index is 13.1. The highest BCUT2D eigenvalue weighted by Gasteiger charge is 2.07. The lowest BCUT2D eigenvalue weighted by atomic mass is 10.2. The molecule has 0 aliphatic carbocycles. The van der Waals surface area contributed by atoms with Crippen LogP contribution in [0.2, 0.25) is 0 Å². The SMILES string of the molecule is Cc1c(CCN)cnn1-c1cccc(F)c1. The molecule has 3 nitrogen and oxygen atoms in total. The van der Waals surface area contributed by atoms with Gasteiger partial charge < -0.3 is 5.73 Å². The lowest BCUT2D eigenvalue weighted by Crippen LogP contribution is -2.04. The summed E-state index contributed by atoms with van der Waals surface area (Å²) in [5.74, 6) is -0.257. The number of nitrogens with zero attached hydrogens (tertiary/aromatic N) is 2. The van der Waals surface area contributed by atoms with Gasteiger partial charge in [-0.2, -0.15) is 5.10 Å². The second kappa shape index (κ2) is 4.45. The third-order valence-electron chi connectivity index (χ3n) is 2.58. The number of benzene rings is 1. The van der Waals surface area contributed by atoms with Crippen LogP contribution in [0, 0.1) is 12.7 Å². The van der Waals surface area contributed by atoms with E-state index in [1.807, 2.05) is 13.0 Å². The van der Waals surface area contributed by atoms with Crippen LogP contribution in [-0.4, -0.2) is 16.3 Å². The molecule has 0 amide bonds. The highest BCUT2D eigenvalue weighted by atomic mass is 19.1. The van der Waals surface area contributed by atoms with Gasteiger partial charge in [0, 0.05) is 5.69 Å². The van der Waals surface area contributed by atoms with E-state index in [2.05, 4.69) is 5.10 Å². The van der Waals surface area contributed by atoms with Crippen molar-refractivity contribution < 1.29 is 4.39 Å². The van der Waals surface area contributed by atoms with E-state index >= 15 is 0 Å². The van der Waals surface area contributed by atoms with Crippen LogP contribution in [0.25, 0.3) is 5.69 Å². The number of aromatic nitrogens is 2. The highest BCUT2D eigenvalue weighted by Crippen LogP contribution is 2.15. The first-order valence-corrected chi connectivity index (χ1v) is 5.22. The Morgan fingerprint density at radius 2 is 2.25 bits per heavy atom.